The van der Waals surface area contributed by atoms with Gasteiger partial charge in [-0.1, -0.05) is 0 Å². The Balaban J connectivity index is 1.73. The quantitative estimate of drug-likeness (QED) is 0.490. The number of rotatable bonds is 6. The van der Waals surface area contributed by atoms with E-state index in [1.807, 2.05) is 0 Å². The molecule has 0 spiro atoms. The Kier molecular flexibility index (Phi) is 4.97. The first-order valence-corrected chi connectivity index (χ1v) is 7.72. The molecular formula is C19H14F2O5. The van der Waals surface area contributed by atoms with Crippen LogP contribution < -0.4 is 15.1 Å². The Morgan fingerprint density at radius 1 is 0.962 bits per heavy atom. The van der Waals surface area contributed by atoms with Crippen LogP contribution in [-0.2, 0) is 0 Å². The predicted molar refractivity (Wildman–Crippen MR) is 90.0 cm³/mol. The highest BCUT2D eigenvalue weighted by Gasteiger charge is 2.18. The minimum Gasteiger partial charge on any atom is -0.482 e. The molecule has 0 unspecified atom stereocenters. The van der Waals surface area contributed by atoms with Crippen LogP contribution in [0.25, 0.3) is 11.0 Å². The number of hydrogen-bond acceptors (Lipinski definition) is 5. The van der Waals surface area contributed by atoms with Gasteiger partial charge in [0.05, 0.1) is 0 Å². The summed E-state index contributed by atoms with van der Waals surface area (Å²) in [5.41, 5.74) is 0.166. The van der Waals surface area contributed by atoms with Crippen LogP contribution in [0, 0.1) is 0 Å². The summed E-state index contributed by atoms with van der Waals surface area (Å²) in [6, 6.07) is 13.2. The van der Waals surface area contributed by atoms with E-state index in [1.54, 1.807) is 25.1 Å². The van der Waals surface area contributed by atoms with Gasteiger partial charge in [-0.3, -0.25) is 4.79 Å². The number of hydrogen-bond donors (Lipinski definition) is 0. The molecule has 26 heavy (non-hydrogen) atoms. The maximum absolute atomic E-state index is 12.4. The zero-order chi connectivity index (χ0) is 18.7. The van der Waals surface area contributed by atoms with Crippen molar-refractivity contribution in [1.82, 2.24) is 0 Å². The summed E-state index contributed by atoms with van der Waals surface area (Å²) in [5, 5.41) is 0.727. The third-order valence-electron chi connectivity index (χ3n) is 3.64. The van der Waals surface area contributed by atoms with Gasteiger partial charge in [-0.15, -0.1) is 0 Å². The normalized spacial score (nSPS) is 12.2. The molecule has 0 aliphatic carbocycles. The Morgan fingerprint density at radius 3 is 2.31 bits per heavy atom. The first-order valence-electron chi connectivity index (χ1n) is 7.72. The summed E-state index contributed by atoms with van der Waals surface area (Å²) in [6.07, 6.45) is -0.829. The van der Waals surface area contributed by atoms with Crippen molar-refractivity contribution in [3.8, 4) is 11.5 Å². The van der Waals surface area contributed by atoms with Gasteiger partial charge >= 0.3 is 12.2 Å². The lowest BCUT2D eigenvalue weighted by Crippen LogP contribution is -2.23. The number of fused-ring (bicyclic) bond motifs is 1. The first-order chi connectivity index (χ1) is 12.4. The van der Waals surface area contributed by atoms with Gasteiger partial charge in [0.2, 0.25) is 5.78 Å². The second-order valence-corrected chi connectivity index (χ2v) is 5.48. The average Bonchev–Trinajstić information content (AvgIpc) is 2.61. The highest BCUT2D eigenvalue weighted by molar-refractivity contribution is 5.99. The van der Waals surface area contributed by atoms with Crippen molar-refractivity contribution in [1.29, 1.82) is 0 Å². The van der Waals surface area contributed by atoms with Gasteiger partial charge < -0.3 is 13.9 Å². The van der Waals surface area contributed by atoms with Crippen molar-refractivity contribution < 1.29 is 27.5 Å². The van der Waals surface area contributed by atoms with E-state index in [1.165, 1.54) is 36.4 Å². The minimum absolute atomic E-state index is 0.0327. The summed E-state index contributed by atoms with van der Waals surface area (Å²) in [6.45, 7) is -1.36. The van der Waals surface area contributed by atoms with E-state index < -0.39 is 18.3 Å². The number of halogens is 2. The Hall–Kier alpha value is -3.22. The number of ketones is 1. The topological polar surface area (TPSA) is 65.7 Å². The highest BCUT2D eigenvalue weighted by Crippen LogP contribution is 2.22. The third kappa shape index (κ3) is 4.05. The molecule has 0 fully saturated rings. The lowest BCUT2D eigenvalue weighted by Gasteiger charge is -2.14. The van der Waals surface area contributed by atoms with Crippen molar-refractivity contribution in [2.75, 3.05) is 0 Å². The number of ether oxygens (including phenoxy) is 2. The minimum atomic E-state index is -2.92. The maximum Gasteiger partial charge on any atom is 0.387 e. The van der Waals surface area contributed by atoms with Gasteiger partial charge in [0.1, 0.15) is 17.1 Å². The molecule has 3 aromatic rings. The van der Waals surface area contributed by atoms with Gasteiger partial charge in [0, 0.05) is 23.1 Å². The van der Waals surface area contributed by atoms with E-state index in [9.17, 15) is 18.4 Å². The number of alkyl halides is 2. The molecule has 7 heteroatoms. The zero-order valence-corrected chi connectivity index (χ0v) is 13.6. The van der Waals surface area contributed by atoms with Crippen LogP contribution in [0.5, 0.6) is 11.5 Å². The van der Waals surface area contributed by atoms with Crippen molar-refractivity contribution in [2.24, 2.45) is 0 Å². The van der Waals surface area contributed by atoms with Crippen LogP contribution >= 0.6 is 0 Å². The Bertz CT molecular complexity index is 979. The highest BCUT2D eigenvalue weighted by atomic mass is 19.3. The zero-order valence-electron chi connectivity index (χ0n) is 13.6. The van der Waals surface area contributed by atoms with Crippen molar-refractivity contribution >= 4 is 16.8 Å². The van der Waals surface area contributed by atoms with Crippen LogP contribution in [-0.4, -0.2) is 18.5 Å². The van der Waals surface area contributed by atoms with Crippen molar-refractivity contribution in [3.63, 3.8) is 0 Å². The van der Waals surface area contributed by atoms with Crippen LogP contribution in [0.2, 0.25) is 0 Å². The fraction of sp³-hybridized carbons (Fsp3) is 0.158. The van der Waals surface area contributed by atoms with E-state index in [0.717, 1.165) is 5.39 Å². The molecule has 3 rings (SSSR count). The second kappa shape index (κ2) is 7.35. The maximum atomic E-state index is 12.4. The molecule has 1 atom stereocenters. The number of Topliss-reactive ketones (excluding diaryl/α,β-unsaturated/α-hetero) is 1. The van der Waals surface area contributed by atoms with E-state index in [4.69, 9.17) is 9.15 Å². The lowest BCUT2D eigenvalue weighted by atomic mass is 10.1. The van der Waals surface area contributed by atoms with Gasteiger partial charge in [-0.2, -0.15) is 8.78 Å². The Labute approximate surface area is 146 Å². The van der Waals surface area contributed by atoms with Gasteiger partial charge in [0.25, 0.3) is 0 Å². The predicted octanol–water partition coefficient (Wildman–Crippen LogP) is 4.04. The molecule has 1 aromatic heterocycles. The fourth-order valence-corrected chi connectivity index (χ4v) is 2.41. The van der Waals surface area contributed by atoms with Crippen LogP contribution in [0.3, 0.4) is 0 Å². The van der Waals surface area contributed by atoms with Crippen molar-refractivity contribution in [3.05, 3.63) is 70.6 Å². The SMILES string of the molecule is C[C@H](Oc1ccc2ccc(=O)oc2c1)C(=O)c1ccc(OC(F)F)cc1. The smallest absolute Gasteiger partial charge is 0.387 e. The van der Waals surface area contributed by atoms with Crippen LogP contribution in [0.1, 0.15) is 17.3 Å². The average molecular weight is 360 g/mol. The molecule has 2 aromatic carbocycles. The lowest BCUT2D eigenvalue weighted by molar-refractivity contribution is -0.0498. The van der Waals surface area contributed by atoms with Gasteiger partial charge in [0.15, 0.2) is 6.10 Å². The van der Waals surface area contributed by atoms with Gasteiger partial charge in [-0.25, -0.2) is 4.79 Å². The van der Waals surface area contributed by atoms with E-state index >= 15 is 0 Å². The Morgan fingerprint density at radius 2 is 1.62 bits per heavy atom. The molecular weight excluding hydrogens is 346 g/mol. The van der Waals surface area contributed by atoms with Crippen molar-refractivity contribution in [2.45, 2.75) is 19.6 Å². The molecule has 0 bridgehead atoms. The summed E-state index contributed by atoms with van der Waals surface area (Å²) in [4.78, 5) is 23.7. The number of carbonyl (C=O) groups excluding carboxylic acids is 1. The van der Waals surface area contributed by atoms with Crippen LogP contribution in [0.15, 0.2) is 63.8 Å². The van der Waals surface area contributed by atoms with E-state index in [0.29, 0.717) is 16.9 Å². The summed E-state index contributed by atoms with van der Waals surface area (Å²) >= 11 is 0. The molecule has 134 valence electrons. The fourth-order valence-electron chi connectivity index (χ4n) is 2.41. The molecule has 0 N–H and O–H groups in total. The largest absolute Gasteiger partial charge is 0.482 e. The molecule has 0 radical (unpaired) electrons. The summed E-state index contributed by atoms with van der Waals surface area (Å²) < 4.78 is 39.2. The monoisotopic (exact) mass is 360 g/mol. The summed E-state index contributed by atoms with van der Waals surface area (Å²) in [5.74, 6) is 0.00300. The molecule has 0 saturated heterocycles. The van der Waals surface area contributed by atoms with E-state index in [2.05, 4.69) is 4.74 Å². The van der Waals surface area contributed by atoms with E-state index in [-0.39, 0.29) is 11.5 Å². The third-order valence-corrected chi connectivity index (χ3v) is 3.64. The molecule has 0 aliphatic heterocycles. The number of carbonyl (C=O) groups is 1. The first kappa shape index (κ1) is 17.6. The van der Waals surface area contributed by atoms with Gasteiger partial charge in [-0.05, 0) is 49.4 Å². The molecule has 1 heterocycles. The second-order valence-electron chi connectivity index (χ2n) is 5.48. The molecule has 0 saturated carbocycles. The molecule has 0 amide bonds. The molecule has 0 aliphatic rings. The standard InChI is InChI=1S/C19H14F2O5/c1-11(18(23)13-3-6-14(7-4-13)25-19(20)21)24-15-8-2-12-5-9-17(22)26-16(12)10-15/h2-11,19H,1H3/t11-/m0/s1. The number of benzene rings is 2. The van der Waals surface area contributed by atoms with Crippen LogP contribution in [0.4, 0.5) is 8.78 Å². The molecule has 5 nitrogen and oxygen atoms in total. The summed E-state index contributed by atoms with van der Waals surface area (Å²) in [7, 11) is 0.